The van der Waals surface area contributed by atoms with E-state index in [-0.39, 0.29) is 0 Å². The molecule has 1 aromatic carbocycles. The summed E-state index contributed by atoms with van der Waals surface area (Å²) in [6.45, 7) is 6.39. The Bertz CT molecular complexity index is 427. The molecule has 0 saturated carbocycles. The maximum atomic E-state index is 5.47. The third kappa shape index (κ3) is 4.33. The molecule has 1 aromatic rings. The number of rotatable bonds is 6. The summed E-state index contributed by atoms with van der Waals surface area (Å²) in [5.74, 6) is 1.49. The fourth-order valence-electron chi connectivity index (χ4n) is 2.64. The molecule has 2 rings (SSSR count). The van der Waals surface area contributed by atoms with Gasteiger partial charge in [0.1, 0.15) is 5.75 Å². The Labute approximate surface area is 129 Å². The minimum absolute atomic E-state index is 0.333. The van der Waals surface area contributed by atoms with Gasteiger partial charge in [-0.3, -0.25) is 0 Å². The van der Waals surface area contributed by atoms with Gasteiger partial charge in [-0.1, -0.05) is 34.6 Å². The zero-order valence-corrected chi connectivity index (χ0v) is 13.5. The minimum Gasteiger partial charge on any atom is -0.497 e. The molecule has 1 aliphatic heterocycles. The summed E-state index contributed by atoms with van der Waals surface area (Å²) in [4.78, 5) is 0. The summed E-state index contributed by atoms with van der Waals surface area (Å²) < 4.78 is 11.7. The first-order chi connectivity index (χ1) is 9.70. The number of hydrogen-bond donors (Lipinski definition) is 1. The van der Waals surface area contributed by atoms with E-state index in [9.17, 15) is 0 Å². The van der Waals surface area contributed by atoms with Gasteiger partial charge in [0.05, 0.1) is 7.11 Å². The summed E-state index contributed by atoms with van der Waals surface area (Å²) in [6, 6.07) is 8.66. The van der Waals surface area contributed by atoms with Crippen LogP contribution in [0.15, 0.2) is 35.3 Å². The van der Waals surface area contributed by atoms with Crippen molar-refractivity contribution in [1.82, 2.24) is 5.32 Å². The molecule has 1 atom stereocenters. The lowest BCUT2D eigenvalue weighted by molar-refractivity contribution is 0.0540. The van der Waals surface area contributed by atoms with Crippen molar-refractivity contribution in [3.05, 3.63) is 40.9 Å². The maximum absolute atomic E-state index is 5.47. The highest BCUT2D eigenvalue weighted by Gasteiger charge is 2.25. The van der Waals surface area contributed by atoms with Crippen molar-refractivity contribution >= 4 is 15.9 Å². The topological polar surface area (TPSA) is 30.5 Å². The first-order valence-electron chi connectivity index (χ1n) is 6.99. The first-order valence-corrected chi connectivity index (χ1v) is 7.78. The molecule has 0 unspecified atom stereocenters. The third-order valence-corrected chi connectivity index (χ3v) is 4.01. The standard InChI is InChI=1S/C16H22BrNO2/c1-12(17)11-18-16(14-7-9-20-10-8-14)13-3-5-15(19-2)6-4-13/h3-6,14,16,18H,1,7-11H2,2H3/t16-/m1/s1. The fourth-order valence-corrected chi connectivity index (χ4v) is 2.80. The molecule has 0 bridgehead atoms. The largest absolute Gasteiger partial charge is 0.497 e. The van der Waals surface area contributed by atoms with Crippen molar-refractivity contribution in [3.8, 4) is 5.75 Å². The Morgan fingerprint density at radius 1 is 1.40 bits per heavy atom. The van der Waals surface area contributed by atoms with Crippen molar-refractivity contribution < 1.29 is 9.47 Å². The van der Waals surface area contributed by atoms with E-state index in [0.717, 1.165) is 42.8 Å². The molecule has 20 heavy (non-hydrogen) atoms. The van der Waals surface area contributed by atoms with Crippen LogP contribution in [0.4, 0.5) is 0 Å². The Balaban J connectivity index is 2.12. The predicted octanol–water partition coefficient (Wildman–Crippen LogP) is 3.66. The maximum Gasteiger partial charge on any atom is 0.118 e. The van der Waals surface area contributed by atoms with E-state index in [4.69, 9.17) is 9.47 Å². The number of methoxy groups -OCH3 is 1. The predicted molar refractivity (Wildman–Crippen MR) is 85.3 cm³/mol. The Kier molecular flexibility index (Phi) is 6.07. The molecule has 1 N–H and O–H groups in total. The second-order valence-electron chi connectivity index (χ2n) is 5.10. The summed E-state index contributed by atoms with van der Waals surface area (Å²) in [7, 11) is 1.69. The average Bonchev–Trinajstić information content (AvgIpc) is 2.49. The lowest BCUT2D eigenvalue weighted by atomic mass is 9.87. The zero-order chi connectivity index (χ0) is 14.4. The molecule has 0 amide bonds. The fraction of sp³-hybridized carbons (Fsp3) is 0.500. The van der Waals surface area contributed by atoms with E-state index in [1.54, 1.807) is 7.11 Å². The molecule has 0 radical (unpaired) electrons. The van der Waals surface area contributed by atoms with Crippen LogP contribution in [0.2, 0.25) is 0 Å². The molecule has 1 heterocycles. The molecule has 1 saturated heterocycles. The Morgan fingerprint density at radius 3 is 2.60 bits per heavy atom. The van der Waals surface area contributed by atoms with E-state index in [1.807, 2.05) is 12.1 Å². The number of hydrogen-bond acceptors (Lipinski definition) is 3. The molecular weight excluding hydrogens is 318 g/mol. The molecule has 1 aliphatic rings. The van der Waals surface area contributed by atoms with Gasteiger partial charge in [-0.15, -0.1) is 0 Å². The highest BCUT2D eigenvalue weighted by molar-refractivity contribution is 9.11. The summed E-state index contributed by atoms with van der Waals surface area (Å²) in [5, 5.41) is 3.60. The van der Waals surface area contributed by atoms with E-state index in [1.165, 1.54) is 5.56 Å². The molecular formula is C16H22BrNO2. The van der Waals surface area contributed by atoms with E-state index < -0.39 is 0 Å². The molecule has 1 fully saturated rings. The van der Waals surface area contributed by atoms with Gasteiger partial charge in [0.2, 0.25) is 0 Å². The van der Waals surface area contributed by atoms with Crippen molar-refractivity contribution in [2.24, 2.45) is 5.92 Å². The summed E-state index contributed by atoms with van der Waals surface area (Å²) >= 11 is 3.42. The van der Waals surface area contributed by atoms with Gasteiger partial charge in [0.15, 0.2) is 0 Å². The van der Waals surface area contributed by atoms with Crippen LogP contribution in [0.3, 0.4) is 0 Å². The normalized spacial score (nSPS) is 17.7. The SMILES string of the molecule is C=C(Br)CN[C@H](c1ccc(OC)cc1)C1CCOCC1. The number of nitrogens with one attached hydrogen (secondary N) is 1. The van der Waals surface area contributed by atoms with Crippen LogP contribution in [-0.4, -0.2) is 26.9 Å². The molecule has 110 valence electrons. The zero-order valence-electron chi connectivity index (χ0n) is 11.9. The molecule has 0 aromatic heterocycles. The lowest BCUT2D eigenvalue weighted by Gasteiger charge is -2.31. The van der Waals surface area contributed by atoms with Crippen LogP contribution in [-0.2, 0) is 4.74 Å². The van der Waals surface area contributed by atoms with Crippen molar-refractivity contribution in [1.29, 1.82) is 0 Å². The number of benzene rings is 1. The van der Waals surface area contributed by atoms with Crippen LogP contribution >= 0.6 is 15.9 Å². The smallest absolute Gasteiger partial charge is 0.118 e. The highest BCUT2D eigenvalue weighted by Crippen LogP contribution is 2.31. The van der Waals surface area contributed by atoms with Gasteiger partial charge >= 0.3 is 0 Å². The van der Waals surface area contributed by atoms with Gasteiger partial charge in [0, 0.05) is 30.3 Å². The quantitative estimate of drug-likeness (QED) is 0.857. The average molecular weight is 340 g/mol. The lowest BCUT2D eigenvalue weighted by Crippen LogP contribution is -2.32. The number of halogens is 1. The van der Waals surface area contributed by atoms with E-state index >= 15 is 0 Å². The monoisotopic (exact) mass is 339 g/mol. The van der Waals surface area contributed by atoms with Gasteiger partial charge in [0.25, 0.3) is 0 Å². The molecule has 0 spiro atoms. The van der Waals surface area contributed by atoms with Gasteiger partial charge in [-0.2, -0.15) is 0 Å². The first kappa shape index (κ1) is 15.5. The van der Waals surface area contributed by atoms with E-state index in [0.29, 0.717) is 12.0 Å². The summed E-state index contributed by atoms with van der Waals surface area (Å²) in [5.41, 5.74) is 1.30. The Hall–Kier alpha value is -0.840. The summed E-state index contributed by atoms with van der Waals surface area (Å²) in [6.07, 6.45) is 2.19. The van der Waals surface area contributed by atoms with E-state index in [2.05, 4.69) is 40.0 Å². The van der Waals surface area contributed by atoms with Gasteiger partial charge in [-0.25, -0.2) is 0 Å². The molecule has 3 nitrogen and oxygen atoms in total. The third-order valence-electron chi connectivity index (χ3n) is 3.73. The van der Waals surface area contributed by atoms with Crippen molar-refractivity contribution in [2.45, 2.75) is 18.9 Å². The second kappa shape index (κ2) is 7.81. The number of ether oxygens (including phenoxy) is 2. The van der Waals surface area contributed by atoms with Crippen molar-refractivity contribution in [2.75, 3.05) is 26.9 Å². The van der Waals surface area contributed by atoms with Crippen LogP contribution in [0.1, 0.15) is 24.4 Å². The van der Waals surface area contributed by atoms with Crippen LogP contribution in [0.5, 0.6) is 5.75 Å². The van der Waals surface area contributed by atoms with Gasteiger partial charge in [-0.05, 0) is 36.5 Å². The second-order valence-corrected chi connectivity index (χ2v) is 6.22. The van der Waals surface area contributed by atoms with Gasteiger partial charge < -0.3 is 14.8 Å². The van der Waals surface area contributed by atoms with Crippen LogP contribution < -0.4 is 10.1 Å². The Morgan fingerprint density at radius 2 is 2.05 bits per heavy atom. The molecule has 4 heteroatoms. The van der Waals surface area contributed by atoms with Crippen LogP contribution in [0, 0.1) is 5.92 Å². The highest BCUT2D eigenvalue weighted by atomic mass is 79.9. The van der Waals surface area contributed by atoms with Crippen LogP contribution in [0.25, 0.3) is 0 Å². The minimum atomic E-state index is 0.333. The van der Waals surface area contributed by atoms with Crippen molar-refractivity contribution in [3.63, 3.8) is 0 Å². The molecule has 0 aliphatic carbocycles.